The number of hydrogen-bond acceptors (Lipinski definition) is 3. The Bertz CT molecular complexity index is 168. The summed E-state index contributed by atoms with van der Waals surface area (Å²) in [7, 11) is -4.18. The smallest absolute Gasteiger partial charge is 0.357 e. The van der Waals surface area contributed by atoms with E-state index >= 15 is 0 Å². The maximum atomic E-state index is 9.67. The van der Waals surface area contributed by atoms with Crippen LogP contribution in [0.5, 0.6) is 0 Å². The van der Waals surface area contributed by atoms with Gasteiger partial charge in [-0.1, -0.05) is 0 Å². The SMILES string of the molecule is O=S(=O)(O)N/C=C\O. The Labute approximate surface area is 46.5 Å². The van der Waals surface area contributed by atoms with Crippen molar-refractivity contribution in [2.45, 2.75) is 0 Å². The molecule has 0 aromatic rings. The number of rotatable bonds is 2. The molecule has 0 amide bonds. The van der Waals surface area contributed by atoms with Gasteiger partial charge in [0, 0.05) is 6.20 Å². The van der Waals surface area contributed by atoms with Gasteiger partial charge < -0.3 is 5.11 Å². The molecule has 0 saturated heterocycles. The summed E-state index contributed by atoms with van der Waals surface area (Å²) >= 11 is 0. The molecule has 0 bridgehead atoms. The van der Waals surface area contributed by atoms with E-state index < -0.39 is 10.3 Å². The first-order valence-corrected chi connectivity index (χ1v) is 3.04. The summed E-state index contributed by atoms with van der Waals surface area (Å²) in [6, 6.07) is 0. The van der Waals surface area contributed by atoms with E-state index in [2.05, 4.69) is 0 Å². The molecule has 0 radical (unpaired) electrons. The lowest BCUT2D eigenvalue weighted by Gasteiger charge is -1.88. The number of hydrogen-bond donors (Lipinski definition) is 3. The largest absolute Gasteiger partial charge is 0.514 e. The molecule has 0 heterocycles. The van der Waals surface area contributed by atoms with Crippen LogP contribution in [0.4, 0.5) is 0 Å². The van der Waals surface area contributed by atoms with Crippen molar-refractivity contribution >= 4 is 10.3 Å². The first-order chi connectivity index (χ1) is 3.56. The van der Waals surface area contributed by atoms with E-state index in [4.69, 9.17) is 9.66 Å². The number of aliphatic hydroxyl groups excluding tert-OH is 1. The zero-order valence-electron chi connectivity index (χ0n) is 3.77. The van der Waals surface area contributed by atoms with E-state index in [0.29, 0.717) is 12.5 Å². The van der Waals surface area contributed by atoms with E-state index in [9.17, 15) is 8.42 Å². The Morgan fingerprint density at radius 2 is 2.00 bits per heavy atom. The summed E-state index contributed by atoms with van der Waals surface area (Å²) in [6.07, 6.45) is 1.13. The molecule has 0 saturated carbocycles. The van der Waals surface area contributed by atoms with Gasteiger partial charge in [-0.3, -0.25) is 9.27 Å². The molecular formula is C2H5NO4S. The van der Waals surface area contributed by atoms with Gasteiger partial charge in [0.25, 0.3) is 0 Å². The van der Waals surface area contributed by atoms with Gasteiger partial charge in [-0.05, 0) is 0 Å². The quantitative estimate of drug-likeness (QED) is 0.352. The average Bonchev–Trinajstić information content (AvgIpc) is 1.59. The van der Waals surface area contributed by atoms with E-state index in [1.807, 2.05) is 0 Å². The molecule has 0 atom stereocenters. The zero-order valence-corrected chi connectivity index (χ0v) is 4.59. The lowest BCUT2D eigenvalue weighted by molar-refractivity contribution is 0.460. The Balaban J connectivity index is 3.76. The van der Waals surface area contributed by atoms with Gasteiger partial charge in [0.15, 0.2) is 0 Å². The maximum absolute atomic E-state index is 9.67. The van der Waals surface area contributed by atoms with Crippen molar-refractivity contribution in [1.29, 1.82) is 0 Å². The molecule has 0 aromatic heterocycles. The molecule has 0 rings (SSSR count). The van der Waals surface area contributed by atoms with E-state index in [1.165, 1.54) is 4.72 Å². The normalized spacial score (nSPS) is 12.1. The highest BCUT2D eigenvalue weighted by atomic mass is 32.2. The molecule has 5 nitrogen and oxygen atoms in total. The highest BCUT2D eigenvalue weighted by Crippen LogP contribution is 1.69. The fraction of sp³-hybridized carbons (Fsp3) is 0. The molecule has 0 aliphatic rings. The molecule has 0 fully saturated rings. The van der Waals surface area contributed by atoms with Crippen molar-refractivity contribution in [3.63, 3.8) is 0 Å². The summed E-state index contributed by atoms with van der Waals surface area (Å²) in [4.78, 5) is 0. The minimum Gasteiger partial charge on any atom is -0.514 e. The van der Waals surface area contributed by atoms with Crippen LogP contribution in [-0.4, -0.2) is 18.1 Å². The third kappa shape index (κ3) is 5.25. The highest BCUT2D eigenvalue weighted by Gasteiger charge is 1.94. The van der Waals surface area contributed by atoms with Crippen molar-refractivity contribution in [3.8, 4) is 0 Å². The Hall–Kier alpha value is -0.750. The molecular weight excluding hydrogens is 134 g/mol. The zero-order chi connectivity index (χ0) is 6.62. The van der Waals surface area contributed by atoms with Crippen molar-refractivity contribution in [2.75, 3.05) is 0 Å². The third-order valence-corrected chi connectivity index (χ3v) is 0.725. The molecule has 0 aliphatic carbocycles. The summed E-state index contributed by atoms with van der Waals surface area (Å²) in [5, 5.41) is 7.81. The average molecular weight is 139 g/mol. The fourth-order valence-electron chi connectivity index (χ4n) is 0.116. The van der Waals surface area contributed by atoms with Crippen LogP contribution in [0, 0.1) is 0 Å². The van der Waals surface area contributed by atoms with Crippen LogP contribution >= 0.6 is 0 Å². The van der Waals surface area contributed by atoms with Gasteiger partial charge in [-0.15, -0.1) is 0 Å². The fourth-order valence-corrected chi connectivity index (χ4v) is 0.349. The van der Waals surface area contributed by atoms with Gasteiger partial charge in [-0.2, -0.15) is 8.42 Å². The molecule has 48 valence electrons. The third-order valence-electron chi connectivity index (χ3n) is 0.292. The summed E-state index contributed by atoms with van der Waals surface area (Å²) in [5.41, 5.74) is 0. The molecule has 3 N–H and O–H groups in total. The van der Waals surface area contributed by atoms with Crippen LogP contribution in [0.3, 0.4) is 0 Å². The van der Waals surface area contributed by atoms with Crippen LogP contribution < -0.4 is 4.72 Å². The van der Waals surface area contributed by atoms with Crippen LogP contribution in [-0.2, 0) is 10.3 Å². The van der Waals surface area contributed by atoms with E-state index in [0.717, 1.165) is 0 Å². The predicted molar refractivity (Wildman–Crippen MR) is 26.5 cm³/mol. The number of nitrogens with one attached hydrogen (secondary N) is 1. The summed E-state index contributed by atoms with van der Waals surface area (Å²) < 4.78 is 28.7. The molecule has 0 aliphatic heterocycles. The van der Waals surface area contributed by atoms with Gasteiger partial charge in [-0.25, -0.2) is 0 Å². The van der Waals surface area contributed by atoms with Crippen LogP contribution in [0.2, 0.25) is 0 Å². The molecule has 0 spiro atoms. The summed E-state index contributed by atoms with van der Waals surface area (Å²) in [5.74, 6) is 0. The van der Waals surface area contributed by atoms with Crippen molar-refractivity contribution in [2.24, 2.45) is 0 Å². The van der Waals surface area contributed by atoms with E-state index in [-0.39, 0.29) is 0 Å². The Morgan fingerprint density at radius 3 is 2.12 bits per heavy atom. The first-order valence-electron chi connectivity index (χ1n) is 1.60. The Kier molecular flexibility index (Phi) is 2.29. The number of aliphatic hydroxyl groups is 1. The minimum absolute atomic E-state index is 0.452. The highest BCUT2D eigenvalue weighted by molar-refractivity contribution is 7.83. The van der Waals surface area contributed by atoms with Crippen LogP contribution in [0.15, 0.2) is 12.5 Å². The van der Waals surface area contributed by atoms with Crippen LogP contribution in [0.1, 0.15) is 0 Å². The molecule has 0 unspecified atom stereocenters. The van der Waals surface area contributed by atoms with Gasteiger partial charge in [0.2, 0.25) is 0 Å². The van der Waals surface area contributed by atoms with Gasteiger partial charge in [0.05, 0.1) is 6.26 Å². The van der Waals surface area contributed by atoms with Crippen molar-refractivity contribution < 1.29 is 18.1 Å². The second-order valence-corrected chi connectivity index (χ2v) is 2.09. The Morgan fingerprint density at radius 1 is 1.50 bits per heavy atom. The standard InChI is InChI=1S/C2H5NO4S/c4-2-1-3-8(5,6)7/h1-4H,(H,5,6,7)/b2-1-. The molecule has 8 heavy (non-hydrogen) atoms. The molecule has 6 heteroatoms. The lowest BCUT2D eigenvalue weighted by atomic mass is 11.0. The summed E-state index contributed by atoms with van der Waals surface area (Å²) in [6.45, 7) is 0. The van der Waals surface area contributed by atoms with Crippen molar-refractivity contribution in [1.82, 2.24) is 4.72 Å². The second-order valence-electron chi connectivity index (χ2n) is 0.909. The van der Waals surface area contributed by atoms with Crippen LogP contribution in [0.25, 0.3) is 0 Å². The topological polar surface area (TPSA) is 86.6 Å². The lowest BCUT2D eigenvalue weighted by Crippen LogP contribution is -2.15. The monoisotopic (exact) mass is 139 g/mol. The van der Waals surface area contributed by atoms with Gasteiger partial charge >= 0.3 is 10.3 Å². The first kappa shape index (κ1) is 7.25. The van der Waals surface area contributed by atoms with Crippen molar-refractivity contribution in [3.05, 3.63) is 12.5 Å². The predicted octanol–water partition coefficient (Wildman–Crippen LogP) is -0.592. The second kappa shape index (κ2) is 2.53. The minimum atomic E-state index is -4.18. The van der Waals surface area contributed by atoms with E-state index in [1.54, 1.807) is 0 Å². The molecule has 0 aromatic carbocycles. The van der Waals surface area contributed by atoms with Gasteiger partial charge in [0.1, 0.15) is 0 Å². The maximum Gasteiger partial charge on any atom is 0.357 e.